The number of aliphatic hydroxyl groups excluding tert-OH is 1. The number of amides is 1. The second kappa shape index (κ2) is 6.37. The number of carbonyl (C=O) groups excluding carboxylic acids is 1. The van der Waals surface area contributed by atoms with Crippen molar-refractivity contribution in [3.63, 3.8) is 0 Å². The quantitative estimate of drug-likeness (QED) is 0.664. The fraction of sp³-hybridized carbons (Fsp3) is 0.643. The monoisotopic (exact) mass is 343 g/mol. The molecule has 1 aromatic heterocycles. The molecule has 8 nitrogen and oxygen atoms in total. The van der Waals surface area contributed by atoms with E-state index >= 15 is 0 Å². The van der Waals surface area contributed by atoms with E-state index in [4.69, 9.17) is 16.3 Å². The molecule has 0 aromatic carbocycles. The van der Waals surface area contributed by atoms with Crippen molar-refractivity contribution in [3.05, 3.63) is 11.0 Å². The van der Waals surface area contributed by atoms with E-state index in [0.717, 1.165) is 0 Å². The number of ether oxygens (including phenoxy) is 1. The summed E-state index contributed by atoms with van der Waals surface area (Å²) >= 11 is 6.16. The van der Waals surface area contributed by atoms with Gasteiger partial charge in [0.1, 0.15) is 23.3 Å². The zero-order chi connectivity index (χ0) is 17.4. The van der Waals surface area contributed by atoms with Crippen LogP contribution >= 0.6 is 11.6 Å². The molecule has 1 unspecified atom stereocenters. The van der Waals surface area contributed by atoms with Crippen molar-refractivity contribution in [2.45, 2.75) is 45.6 Å². The Hall–Kier alpha value is -1.80. The van der Waals surface area contributed by atoms with E-state index < -0.39 is 24.0 Å². The highest BCUT2D eigenvalue weighted by Gasteiger charge is 2.33. The highest BCUT2D eigenvalue weighted by atomic mass is 35.5. The van der Waals surface area contributed by atoms with Crippen LogP contribution in [0, 0.1) is 6.92 Å². The molecule has 0 spiro atoms. The van der Waals surface area contributed by atoms with Gasteiger partial charge in [-0.2, -0.15) is 0 Å². The predicted octanol–water partition coefficient (Wildman–Crippen LogP) is 1.51. The van der Waals surface area contributed by atoms with Crippen LogP contribution in [0.1, 0.15) is 26.6 Å². The molecule has 0 radical (unpaired) electrons. The SMILES string of the molecule is Cc1nc(Cl)c2c(n1)NC[C@H](NC(=O)OC(C)(C)C)C(O)N2C. The topological polar surface area (TPSA) is 99.6 Å². The minimum Gasteiger partial charge on any atom is -0.444 e. The third kappa shape index (κ3) is 4.14. The number of rotatable bonds is 1. The maximum absolute atomic E-state index is 11.9. The number of carbonyl (C=O) groups is 1. The van der Waals surface area contributed by atoms with E-state index in [0.29, 0.717) is 17.3 Å². The lowest BCUT2D eigenvalue weighted by Crippen LogP contribution is -2.53. The highest BCUT2D eigenvalue weighted by molar-refractivity contribution is 6.32. The number of aromatic nitrogens is 2. The summed E-state index contributed by atoms with van der Waals surface area (Å²) in [5, 5.41) is 16.5. The first-order chi connectivity index (χ1) is 10.6. The van der Waals surface area contributed by atoms with Gasteiger partial charge in [0.05, 0.1) is 6.04 Å². The molecule has 0 aliphatic carbocycles. The Morgan fingerprint density at radius 2 is 2.13 bits per heavy atom. The number of likely N-dealkylation sites (N-methyl/N-ethyl adjacent to an activating group) is 1. The molecule has 2 atom stereocenters. The van der Waals surface area contributed by atoms with Crippen molar-refractivity contribution < 1.29 is 14.6 Å². The van der Waals surface area contributed by atoms with Crippen LogP contribution in [0.2, 0.25) is 5.15 Å². The Morgan fingerprint density at radius 1 is 1.48 bits per heavy atom. The molecular weight excluding hydrogens is 322 g/mol. The number of hydrogen-bond acceptors (Lipinski definition) is 7. The van der Waals surface area contributed by atoms with E-state index in [1.807, 2.05) is 0 Å². The van der Waals surface area contributed by atoms with E-state index in [1.54, 1.807) is 34.7 Å². The number of halogens is 1. The minimum atomic E-state index is -1.01. The molecule has 3 N–H and O–H groups in total. The molecule has 2 rings (SSSR count). The molecule has 1 aliphatic rings. The summed E-state index contributed by atoms with van der Waals surface area (Å²) in [6.45, 7) is 7.31. The average molecular weight is 344 g/mol. The Morgan fingerprint density at radius 3 is 2.74 bits per heavy atom. The largest absolute Gasteiger partial charge is 0.444 e. The smallest absolute Gasteiger partial charge is 0.408 e. The summed E-state index contributed by atoms with van der Waals surface area (Å²) in [5.74, 6) is 1.03. The first kappa shape index (κ1) is 17.6. The molecule has 2 heterocycles. The van der Waals surface area contributed by atoms with Crippen LogP contribution in [0.25, 0.3) is 0 Å². The summed E-state index contributed by atoms with van der Waals surface area (Å²) in [4.78, 5) is 21.9. The van der Waals surface area contributed by atoms with Gasteiger partial charge in [-0.05, 0) is 27.7 Å². The van der Waals surface area contributed by atoms with Gasteiger partial charge < -0.3 is 25.4 Å². The number of hydrogen-bond donors (Lipinski definition) is 3. The second-order valence-corrected chi connectivity index (χ2v) is 6.77. The maximum Gasteiger partial charge on any atom is 0.408 e. The van der Waals surface area contributed by atoms with Crippen LogP contribution in [0.4, 0.5) is 16.3 Å². The Labute approximate surface area is 140 Å². The molecule has 0 saturated carbocycles. The summed E-state index contributed by atoms with van der Waals surface area (Å²) in [6, 6.07) is -0.611. The molecule has 9 heteroatoms. The van der Waals surface area contributed by atoms with Crippen LogP contribution in [-0.2, 0) is 4.74 Å². The van der Waals surface area contributed by atoms with E-state index in [2.05, 4.69) is 20.6 Å². The summed E-state index contributed by atoms with van der Waals surface area (Å²) < 4.78 is 5.22. The van der Waals surface area contributed by atoms with Crippen molar-refractivity contribution >= 4 is 29.2 Å². The molecule has 23 heavy (non-hydrogen) atoms. The molecule has 1 aromatic rings. The number of nitrogens with one attached hydrogen (secondary N) is 2. The van der Waals surface area contributed by atoms with Crippen LogP contribution in [0.5, 0.6) is 0 Å². The number of anilines is 2. The number of aryl methyl sites for hydroxylation is 1. The van der Waals surface area contributed by atoms with Crippen LogP contribution in [0.15, 0.2) is 0 Å². The van der Waals surface area contributed by atoms with Gasteiger partial charge in [0, 0.05) is 13.6 Å². The summed E-state index contributed by atoms with van der Waals surface area (Å²) in [7, 11) is 1.66. The van der Waals surface area contributed by atoms with Crippen molar-refractivity contribution in [2.75, 3.05) is 23.8 Å². The van der Waals surface area contributed by atoms with Gasteiger partial charge in [0.15, 0.2) is 11.0 Å². The average Bonchev–Trinajstić information content (AvgIpc) is 2.48. The van der Waals surface area contributed by atoms with Gasteiger partial charge >= 0.3 is 6.09 Å². The van der Waals surface area contributed by atoms with Gasteiger partial charge in [-0.15, -0.1) is 0 Å². The zero-order valence-corrected chi connectivity index (χ0v) is 14.6. The van der Waals surface area contributed by atoms with Gasteiger partial charge in [-0.25, -0.2) is 14.8 Å². The molecule has 0 bridgehead atoms. The molecular formula is C14H22ClN5O3. The lowest BCUT2D eigenvalue weighted by Gasteiger charge is -2.30. The lowest BCUT2D eigenvalue weighted by molar-refractivity contribution is 0.0435. The number of alkyl carbamates (subject to hydrolysis) is 1. The normalized spacial score (nSPS) is 21.1. The lowest BCUT2D eigenvalue weighted by atomic mass is 10.2. The van der Waals surface area contributed by atoms with Gasteiger partial charge in [0.2, 0.25) is 0 Å². The Balaban J connectivity index is 2.19. The molecule has 1 aliphatic heterocycles. The number of aliphatic hydroxyl groups is 1. The second-order valence-electron chi connectivity index (χ2n) is 6.42. The van der Waals surface area contributed by atoms with Crippen molar-refractivity contribution in [1.29, 1.82) is 0 Å². The maximum atomic E-state index is 11.9. The minimum absolute atomic E-state index is 0.236. The Kier molecular flexibility index (Phi) is 4.86. The third-order valence-corrected chi connectivity index (χ3v) is 3.52. The molecule has 1 amide bonds. The van der Waals surface area contributed by atoms with Crippen LogP contribution < -0.4 is 15.5 Å². The standard InChI is InChI=1S/C14H22ClN5O3/c1-7-17-10(15)9-11(18-7)16-6-8(12(21)20(9)5)19-13(22)23-14(2,3)4/h8,12,21H,6H2,1-5H3,(H,19,22)(H,16,17,18)/t8-,12?/m0/s1. The Bertz CT molecular complexity index is 605. The summed E-state index contributed by atoms with van der Waals surface area (Å²) in [6.07, 6.45) is -1.61. The van der Waals surface area contributed by atoms with Crippen molar-refractivity contribution in [3.8, 4) is 0 Å². The molecule has 0 fully saturated rings. The first-order valence-electron chi connectivity index (χ1n) is 7.27. The highest BCUT2D eigenvalue weighted by Crippen LogP contribution is 2.33. The van der Waals surface area contributed by atoms with Gasteiger partial charge in [0.25, 0.3) is 0 Å². The third-order valence-electron chi connectivity index (χ3n) is 3.25. The van der Waals surface area contributed by atoms with Crippen molar-refractivity contribution in [2.24, 2.45) is 0 Å². The number of nitrogens with zero attached hydrogens (tertiary/aromatic N) is 3. The number of fused-ring (bicyclic) bond motifs is 1. The zero-order valence-electron chi connectivity index (χ0n) is 13.8. The fourth-order valence-corrected chi connectivity index (χ4v) is 2.61. The van der Waals surface area contributed by atoms with Crippen LogP contribution in [0.3, 0.4) is 0 Å². The fourth-order valence-electron chi connectivity index (χ4n) is 2.27. The van der Waals surface area contributed by atoms with E-state index in [1.165, 1.54) is 4.90 Å². The van der Waals surface area contributed by atoms with E-state index in [9.17, 15) is 9.90 Å². The first-order valence-corrected chi connectivity index (χ1v) is 7.64. The van der Waals surface area contributed by atoms with Gasteiger partial charge in [-0.1, -0.05) is 11.6 Å². The van der Waals surface area contributed by atoms with E-state index in [-0.39, 0.29) is 11.7 Å². The molecule has 0 saturated heterocycles. The van der Waals surface area contributed by atoms with Gasteiger partial charge in [-0.3, -0.25) is 0 Å². The predicted molar refractivity (Wildman–Crippen MR) is 87.8 cm³/mol. The summed E-state index contributed by atoms with van der Waals surface area (Å²) in [5.41, 5.74) is -0.133. The van der Waals surface area contributed by atoms with Crippen molar-refractivity contribution in [1.82, 2.24) is 15.3 Å². The van der Waals surface area contributed by atoms with Crippen LogP contribution in [-0.4, -0.2) is 52.6 Å². The molecule has 128 valence electrons.